The quantitative estimate of drug-likeness (QED) is 0.756. The Morgan fingerprint density at radius 2 is 1.83 bits per heavy atom. The molecule has 0 aliphatic heterocycles. The van der Waals surface area contributed by atoms with E-state index in [0.717, 1.165) is 17.7 Å². The Balaban J connectivity index is 1.97. The number of carbonyl (C=O) groups excluding carboxylic acids is 1. The van der Waals surface area contributed by atoms with Crippen LogP contribution in [0.1, 0.15) is 17.5 Å². The number of alkyl halides is 3. The maximum absolute atomic E-state index is 12.6. The molecule has 122 valence electrons. The van der Waals surface area contributed by atoms with Crippen LogP contribution in [0.15, 0.2) is 42.5 Å². The molecule has 2 aromatic rings. The largest absolute Gasteiger partial charge is 0.416 e. The summed E-state index contributed by atoms with van der Waals surface area (Å²) in [7, 11) is 0. The fourth-order valence-corrected chi connectivity index (χ4v) is 2.47. The molecule has 0 atom stereocenters. The normalized spacial score (nSPS) is 11.3. The molecular weight excluding hydrogens is 350 g/mol. The van der Waals surface area contributed by atoms with Crippen LogP contribution in [0.3, 0.4) is 0 Å². The molecule has 23 heavy (non-hydrogen) atoms. The number of anilines is 1. The third-order valence-electron chi connectivity index (χ3n) is 3.11. The lowest BCUT2D eigenvalue weighted by atomic mass is 10.1. The first kappa shape index (κ1) is 17.6. The zero-order valence-electron chi connectivity index (χ0n) is 11.8. The summed E-state index contributed by atoms with van der Waals surface area (Å²) < 4.78 is 37.8. The molecule has 2 nitrogen and oxygen atoms in total. The zero-order valence-corrected chi connectivity index (χ0v) is 13.3. The van der Waals surface area contributed by atoms with Crippen molar-refractivity contribution in [2.45, 2.75) is 19.0 Å². The van der Waals surface area contributed by atoms with Crippen LogP contribution in [0.4, 0.5) is 18.9 Å². The number of nitrogens with one attached hydrogen (secondary N) is 1. The van der Waals surface area contributed by atoms with Gasteiger partial charge < -0.3 is 5.32 Å². The number of carbonyl (C=O) groups is 1. The Morgan fingerprint density at radius 1 is 1.09 bits per heavy atom. The van der Waals surface area contributed by atoms with Crippen molar-refractivity contribution in [3.8, 4) is 0 Å². The van der Waals surface area contributed by atoms with Gasteiger partial charge >= 0.3 is 6.18 Å². The lowest BCUT2D eigenvalue weighted by Gasteiger charge is -2.10. The molecule has 7 heteroatoms. The zero-order chi connectivity index (χ0) is 17.0. The highest BCUT2D eigenvalue weighted by molar-refractivity contribution is 6.35. The van der Waals surface area contributed by atoms with Crippen molar-refractivity contribution >= 4 is 34.8 Å². The summed E-state index contributed by atoms with van der Waals surface area (Å²) in [5.74, 6) is -0.393. The Labute approximate surface area is 141 Å². The summed E-state index contributed by atoms with van der Waals surface area (Å²) >= 11 is 11.8. The minimum atomic E-state index is -4.45. The first-order valence-corrected chi connectivity index (χ1v) is 7.42. The lowest BCUT2D eigenvalue weighted by Crippen LogP contribution is -2.13. The van der Waals surface area contributed by atoms with Crippen LogP contribution in [-0.2, 0) is 17.4 Å². The van der Waals surface area contributed by atoms with Crippen molar-refractivity contribution in [1.82, 2.24) is 0 Å². The van der Waals surface area contributed by atoms with Crippen LogP contribution in [0.5, 0.6) is 0 Å². The molecular formula is C16H12Cl2F3NO. The van der Waals surface area contributed by atoms with E-state index in [0.29, 0.717) is 16.5 Å². The van der Waals surface area contributed by atoms with Gasteiger partial charge in [0.05, 0.1) is 5.56 Å². The van der Waals surface area contributed by atoms with Gasteiger partial charge in [0, 0.05) is 22.2 Å². The molecule has 0 aromatic heterocycles. The molecule has 0 radical (unpaired) electrons. The standard InChI is InChI=1S/C16H12Cl2F3NO/c17-12-6-4-10(14(18)9-12)5-7-15(23)22-13-3-1-2-11(8-13)16(19,20)21/h1-4,6,8-9H,5,7H2,(H,22,23). The number of aryl methyl sites for hydroxylation is 1. The first-order valence-electron chi connectivity index (χ1n) is 6.67. The van der Waals surface area contributed by atoms with Crippen molar-refractivity contribution in [2.24, 2.45) is 0 Å². The monoisotopic (exact) mass is 361 g/mol. The van der Waals surface area contributed by atoms with Gasteiger partial charge in [-0.25, -0.2) is 0 Å². The van der Waals surface area contributed by atoms with E-state index in [9.17, 15) is 18.0 Å². The highest BCUT2D eigenvalue weighted by Crippen LogP contribution is 2.30. The number of hydrogen-bond acceptors (Lipinski definition) is 1. The molecule has 0 fully saturated rings. The fourth-order valence-electron chi connectivity index (χ4n) is 1.97. The van der Waals surface area contributed by atoms with Crippen molar-refractivity contribution < 1.29 is 18.0 Å². The molecule has 1 amide bonds. The maximum atomic E-state index is 12.6. The number of amides is 1. The third kappa shape index (κ3) is 5.15. The van der Waals surface area contributed by atoms with Crippen LogP contribution >= 0.6 is 23.2 Å². The predicted octanol–water partition coefficient (Wildman–Crippen LogP) is 5.58. The summed E-state index contributed by atoms with van der Waals surface area (Å²) in [6.07, 6.45) is -3.99. The molecule has 0 spiro atoms. The number of halogens is 5. The molecule has 1 N–H and O–H groups in total. The number of rotatable bonds is 4. The van der Waals surface area contributed by atoms with E-state index in [4.69, 9.17) is 23.2 Å². The molecule has 0 aliphatic rings. The predicted molar refractivity (Wildman–Crippen MR) is 84.9 cm³/mol. The van der Waals surface area contributed by atoms with Crippen LogP contribution in [0.2, 0.25) is 10.0 Å². The Bertz CT molecular complexity index is 717. The van der Waals surface area contributed by atoms with Gasteiger partial charge in [-0.1, -0.05) is 35.3 Å². The van der Waals surface area contributed by atoms with E-state index in [2.05, 4.69) is 5.32 Å². The summed E-state index contributed by atoms with van der Waals surface area (Å²) in [6.45, 7) is 0. The van der Waals surface area contributed by atoms with Crippen molar-refractivity contribution in [2.75, 3.05) is 5.32 Å². The molecule has 0 saturated carbocycles. The molecule has 0 unspecified atom stereocenters. The summed E-state index contributed by atoms with van der Waals surface area (Å²) in [5, 5.41) is 3.39. The highest BCUT2D eigenvalue weighted by Gasteiger charge is 2.30. The minimum absolute atomic E-state index is 0.0948. The average molecular weight is 362 g/mol. The van der Waals surface area contributed by atoms with Crippen molar-refractivity contribution in [3.05, 3.63) is 63.6 Å². The summed E-state index contributed by atoms with van der Waals surface area (Å²) in [4.78, 5) is 11.9. The van der Waals surface area contributed by atoms with E-state index in [1.54, 1.807) is 18.2 Å². The van der Waals surface area contributed by atoms with Gasteiger partial charge in [0.2, 0.25) is 5.91 Å². The van der Waals surface area contributed by atoms with E-state index in [1.165, 1.54) is 12.1 Å². The number of hydrogen-bond donors (Lipinski definition) is 1. The van der Waals surface area contributed by atoms with Gasteiger partial charge in [0.25, 0.3) is 0 Å². The second kappa shape index (κ2) is 7.23. The Hall–Kier alpha value is -1.72. The SMILES string of the molecule is O=C(CCc1ccc(Cl)cc1Cl)Nc1cccc(C(F)(F)F)c1. The van der Waals surface area contributed by atoms with Crippen LogP contribution in [-0.4, -0.2) is 5.91 Å². The van der Waals surface area contributed by atoms with Gasteiger partial charge in [-0.2, -0.15) is 13.2 Å². The van der Waals surface area contributed by atoms with Crippen LogP contribution in [0, 0.1) is 0 Å². The molecule has 0 heterocycles. The highest BCUT2D eigenvalue weighted by atomic mass is 35.5. The fraction of sp³-hybridized carbons (Fsp3) is 0.188. The van der Waals surface area contributed by atoms with Crippen molar-refractivity contribution in [3.63, 3.8) is 0 Å². The van der Waals surface area contributed by atoms with E-state index >= 15 is 0 Å². The van der Waals surface area contributed by atoms with Gasteiger partial charge in [-0.3, -0.25) is 4.79 Å². The number of benzene rings is 2. The molecule has 2 rings (SSSR count). The second-order valence-electron chi connectivity index (χ2n) is 4.86. The Morgan fingerprint density at radius 3 is 2.48 bits per heavy atom. The van der Waals surface area contributed by atoms with E-state index in [-0.39, 0.29) is 12.1 Å². The summed E-state index contributed by atoms with van der Waals surface area (Å²) in [5.41, 5.74) is 0.0401. The maximum Gasteiger partial charge on any atom is 0.416 e. The molecule has 0 saturated heterocycles. The van der Waals surface area contributed by atoms with Crippen LogP contribution in [0.25, 0.3) is 0 Å². The second-order valence-corrected chi connectivity index (χ2v) is 5.71. The molecule has 0 aliphatic carbocycles. The van der Waals surface area contributed by atoms with Crippen molar-refractivity contribution in [1.29, 1.82) is 0 Å². The lowest BCUT2D eigenvalue weighted by molar-refractivity contribution is -0.137. The third-order valence-corrected chi connectivity index (χ3v) is 3.70. The van der Waals surface area contributed by atoms with Gasteiger partial charge in [-0.15, -0.1) is 0 Å². The summed E-state index contributed by atoms with van der Waals surface area (Å²) in [6, 6.07) is 9.44. The van der Waals surface area contributed by atoms with Gasteiger partial charge in [-0.05, 0) is 42.3 Å². The van der Waals surface area contributed by atoms with E-state index < -0.39 is 17.6 Å². The first-order chi connectivity index (χ1) is 10.8. The van der Waals surface area contributed by atoms with Gasteiger partial charge in [0.15, 0.2) is 0 Å². The molecule has 2 aromatic carbocycles. The molecule has 0 bridgehead atoms. The Kier molecular flexibility index (Phi) is 5.55. The van der Waals surface area contributed by atoms with E-state index in [1.807, 2.05) is 0 Å². The topological polar surface area (TPSA) is 29.1 Å². The van der Waals surface area contributed by atoms with Gasteiger partial charge in [0.1, 0.15) is 0 Å². The van der Waals surface area contributed by atoms with Crippen LogP contribution < -0.4 is 5.32 Å². The smallest absolute Gasteiger partial charge is 0.326 e. The minimum Gasteiger partial charge on any atom is -0.326 e. The average Bonchev–Trinajstić information content (AvgIpc) is 2.45.